The Hall–Kier alpha value is -2.69. The van der Waals surface area contributed by atoms with Gasteiger partial charge in [-0.1, -0.05) is 6.07 Å². The van der Waals surface area contributed by atoms with Crippen molar-refractivity contribution in [3.8, 4) is 11.1 Å². The van der Waals surface area contributed by atoms with E-state index >= 15 is 0 Å². The van der Waals surface area contributed by atoms with Crippen LogP contribution >= 0.6 is 0 Å². The quantitative estimate of drug-likeness (QED) is 0.862. The molecule has 0 saturated heterocycles. The zero-order valence-electron chi connectivity index (χ0n) is 9.20. The second-order valence-electron chi connectivity index (χ2n) is 3.65. The zero-order valence-corrected chi connectivity index (χ0v) is 9.20. The highest BCUT2D eigenvalue weighted by Gasteiger charge is 2.12. The third-order valence-corrected chi connectivity index (χ3v) is 2.42. The number of hydrogen-bond acceptors (Lipinski definition) is 3. The van der Waals surface area contributed by atoms with Crippen LogP contribution in [-0.4, -0.2) is 27.1 Å². The zero-order chi connectivity index (χ0) is 13.1. The Bertz CT molecular complexity index is 575. The summed E-state index contributed by atoms with van der Waals surface area (Å²) in [5, 5.41) is 17.9. The van der Waals surface area contributed by atoms with Crippen LogP contribution in [0.5, 0.6) is 0 Å². The van der Waals surface area contributed by atoms with E-state index in [1.165, 1.54) is 12.1 Å². The molecule has 1 aromatic carbocycles. The smallest absolute Gasteiger partial charge is 0.335 e. The fourth-order valence-electron chi connectivity index (χ4n) is 1.57. The molecule has 5 heteroatoms. The van der Waals surface area contributed by atoms with Gasteiger partial charge in [-0.25, -0.2) is 9.59 Å². The molecule has 0 aliphatic rings. The summed E-state index contributed by atoms with van der Waals surface area (Å²) in [5.74, 6) is -2.33. The number of pyridine rings is 1. The molecule has 0 atom stereocenters. The molecule has 0 unspecified atom stereocenters. The maximum atomic E-state index is 11.0. The normalized spacial score (nSPS) is 10.0. The molecule has 2 aromatic rings. The molecular formula is C13H9NO4. The molecule has 0 aliphatic carbocycles. The van der Waals surface area contributed by atoms with E-state index in [1.54, 1.807) is 24.5 Å². The van der Waals surface area contributed by atoms with Crippen LogP contribution in [0.3, 0.4) is 0 Å². The molecule has 0 saturated carbocycles. The van der Waals surface area contributed by atoms with E-state index in [0.717, 1.165) is 6.07 Å². The SMILES string of the molecule is O=C(O)c1cc(C(=O)O)cc(-c2cccnc2)c1. The number of carboxylic acid groups (broad SMARTS) is 2. The Labute approximate surface area is 102 Å². The summed E-state index contributed by atoms with van der Waals surface area (Å²) in [6.45, 7) is 0. The van der Waals surface area contributed by atoms with Gasteiger partial charge in [-0.3, -0.25) is 4.98 Å². The number of hydrogen-bond donors (Lipinski definition) is 2. The fourth-order valence-corrected chi connectivity index (χ4v) is 1.57. The van der Waals surface area contributed by atoms with Crippen LogP contribution in [0.1, 0.15) is 20.7 Å². The summed E-state index contributed by atoms with van der Waals surface area (Å²) in [4.78, 5) is 25.8. The Morgan fingerprint density at radius 1 is 0.944 bits per heavy atom. The summed E-state index contributed by atoms with van der Waals surface area (Å²) in [5.41, 5.74) is 1.06. The van der Waals surface area contributed by atoms with Crippen LogP contribution in [-0.2, 0) is 0 Å². The average Bonchev–Trinajstić information content (AvgIpc) is 2.39. The summed E-state index contributed by atoms with van der Waals surface area (Å²) < 4.78 is 0. The van der Waals surface area contributed by atoms with Gasteiger partial charge >= 0.3 is 11.9 Å². The van der Waals surface area contributed by atoms with Gasteiger partial charge in [-0.15, -0.1) is 0 Å². The van der Waals surface area contributed by atoms with Gasteiger partial charge in [0.1, 0.15) is 0 Å². The first-order valence-electron chi connectivity index (χ1n) is 5.10. The van der Waals surface area contributed by atoms with Crippen LogP contribution in [0.25, 0.3) is 11.1 Å². The summed E-state index contributed by atoms with van der Waals surface area (Å²) in [6.07, 6.45) is 3.13. The Kier molecular flexibility index (Phi) is 3.05. The molecule has 5 nitrogen and oxygen atoms in total. The predicted molar refractivity (Wildman–Crippen MR) is 63.6 cm³/mol. The maximum Gasteiger partial charge on any atom is 0.335 e. The Morgan fingerprint density at radius 3 is 2.00 bits per heavy atom. The second-order valence-corrected chi connectivity index (χ2v) is 3.65. The molecule has 0 bridgehead atoms. The van der Waals surface area contributed by atoms with Crippen molar-refractivity contribution in [2.45, 2.75) is 0 Å². The number of nitrogens with zero attached hydrogens (tertiary/aromatic N) is 1. The van der Waals surface area contributed by atoms with E-state index in [-0.39, 0.29) is 11.1 Å². The number of carbonyl (C=O) groups is 2. The minimum atomic E-state index is -1.16. The lowest BCUT2D eigenvalue weighted by Crippen LogP contribution is -2.03. The molecule has 18 heavy (non-hydrogen) atoms. The topological polar surface area (TPSA) is 87.5 Å². The third-order valence-electron chi connectivity index (χ3n) is 2.42. The monoisotopic (exact) mass is 243 g/mol. The first-order chi connectivity index (χ1) is 8.58. The third kappa shape index (κ3) is 2.35. The van der Waals surface area contributed by atoms with E-state index < -0.39 is 11.9 Å². The van der Waals surface area contributed by atoms with E-state index in [2.05, 4.69) is 4.98 Å². The highest BCUT2D eigenvalue weighted by atomic mass is 16.4. The minimum absolute atomic E-state index is 0.0613. The van der Waals surface area contributed by atoms with Crippen molar-refractivity contribution in [1.82, 2.24) is 4.98 Å². The molecular weight excluding hydrogens is 234 g/mol. The highest BCUT2D eigenvalue weighted by Crippen LogP contribution is 2.21. The van der Waals surface area contributed by atoms with E-state index in [4.69, 9.17) is 10.2 Å². The molecule has 0 spiro atoms. The van der Waals surface area contributed by atoms with Crippen LogP contribution in [0, 0.1) is 0 Å². The van der Waals surface area contributed by atoms with Gasteiger partial charge in [0.25, 0.3) is 0 Å². The van der Waals surface area contributed by atoms with E-state index in [9.17, 15) is 9.59 Å². The van der Waals surface area contributed by atoms with Crippen molar-refractivity contribution >= 4 is 11.9 Å². The maximum absolute atomic E-state index is 11.0. The van der Waals surface area contributed by atoms with Crippen molar-refractivity contribution in [2.75, 3.05) is 0 Å². The lowest BCUT2D eigenvalue weighted by Gasteiger charge is -2.05. The van der Waals surface area contributed by atoms with E-state index in [1.807, 2.05) is 0 Å². The number of carboxylic acids is 2. The molecule has 2 N–H and O–H groups in total. The molecule has 2 rings (SSSR count). The van der Waals surface area contributed by atoms with Crippen molar-refractivity contribution in [1.29, 1.82) is 0 Å². The van der Waals surface area contributed by atoms with Crippen LogP contribution in [0.2, 0.25) is 0 Å². The molecule has 0 radical (unpaired) electrons. The summed E-state index contributed by atoms with van der Waals surface area (Å²) in [7, 11) is 0. The van der Waals surface area contributed by atoms with Crippen LogP contribution in [0.4, 0.5) is 0 Å². The number of benzene rings is 1. The number of aromatic nitrogens is 1. The predicted octanol–water partition coefficient (Wildman–Crippen LogP) is 2.15. The molecule has 0 fully saturated rings. The minimum Gasteiger partial charge on any atom is -0.478 e. The van der Waals surface area contributed by atoms with Gasteiger partial charge < -0.3 is 10.2 Å². The molecule has 0 amide bonds. The second kappa shape index (κ2) is 4.67. The standard InChI is InChI=1S/C13H9NO4/c15-12(16)10-4-9(5-11(6-10)13(17)18)8-2-1-3-14-7-8/h1-7H,(H,15,16)(H,17,18). The molecule has 90 valence electrons. The van der Waals surface area contributed by atoms with Gasteiger partial charge in [-0.2, -0.15) is 0 Å². The lowest BCUT2D eigenvalue weighted by atomic mass is 10.0. The lowest BCUT2D eigenvalue weighted by molar-refractivity contribution is 0.0696. The number of rotatable bonds is 3. The van der Waals surface area contributed by atoms with Crippen molar-refractivity contribution in [3.63, 3.8) is 0 Å². The van der Waals surface area contributed by atoms with Crippen LogP contribution < -0.4 is 0 Å². The first kappa shape index (κ1) is 11.8. The van der Waals surface area contributed by atoms with Crippen molar-refractivity contribution < 1.29 is 19.8 Å². The Balaban J connectivity index is 2.61. The van der Waals surface area contributed by atoms with Gasteiger partial charge in [0.05, 0.1) is 11.1 Å². The molecule has 0 aliphatic heterocycles. The highest BCUT2D eigenvalue weighted by molar-refractivity contribution is 5.96. The van der Waals surface area contributed by atoms with Gasteiger partial charge in [0, 0.05) is 18.0 Å². The first-order valence-corrected chi connectivity index (χ1v) is 5.10. The molecule has 1 aromatic heterocycles. The molecule has 1 heterocycles. The van der Waals surface area contributed by atoms with Gasteiger partial charge in [-0.05, 0) is 29.8 Å². The summed E-state index contributed by atoms with van der Waals surface area (Å²) >= 11 is 0. The van der Waals surface area contributed by atoms with Crippen LogP contribution in [0.15, 0.2) is 42.7 Å². The fraction of sp³-hybridized carbons (Fsp3) is 0. The number of aromatic carboxylic acids is 2. The van der Waals surface area contributed by atoms with E-state index in [0.29, 0.717) is 11.1 Å². The Morgan fingerprint density at radius 2 is 1.56 bits per heavy atom. The average molecular weight is 243 g/mol. The summed E-state index contributed by atoms with van der Waals surface area (Å²) in [6, 6.07) is 7.41. The van der Waals surface area contributed by atoms with Crippen molar-refractivity contribution in [2.24, 2.45) is 0 Å². The van der Waals surface area contributed by atoms with Gasteiger partial charge in [0.2, 0.25) is 0 Å². The van der Waals surface area contributed by atoms with Gasteiger partial charge in [0.15, 0.2) is 0 Å². The largest absolute Gasteiger partial charge is 0.478 e. The van der Waals surface area contributed by atoms with Crippen molar-refractivity contribution in [3.05, 3.63) is 53.9 Å².